The van der Waals surface area contributed by atoms with E-state index in [1.165, 1.54) is 66.0 Å². The number of para-hydroxylation sites is 1. The Morgan fingerprint density at radius 2 is 1.00 bits per heavy atom. The zero-order chi connectivity index (χ0) is 33.1. The van der Waals surface area contributed by atoms with Crippen LogP contribution in [0, 0.1) is 0 Å². The fraction of sp³-hybridized carbons (Fsp3) is 0.0652. The Bertz CT molecular complexity index is 2820. The molecule has 0 spiro atoms. The van der Waals surface area contributed by atoms with Gasteiger partial charge >= 0.3 is 0 Å². The second-order valence-corrected chi connectivity index (χ2v) is 14.0. The first kappa shape index (κ1) is 27.5. The highest BCUT2D eigenvalue weighted by Gasteiger charge is 2.40. The van der Waals surface area contributed by atoms with Crippen LogP contribution in [0.3, 0.4) is 0 Å². The van der Waals surface area contributed by atoms with Crippen molar-refractivity contribution in [1.29, 1.82) is 0 Å². The smallest absolute Gasteiger partial charge is 0.166 e. The summed E-state index contributed by atoms with van der Waals surface area (Å²) in [5.74, 6) is 1.95. The van der Waals surface area contributed by atoms with E-state index in [4.69, 9.17) is 15.0 Å². The average molecular weight is 639 g/mol. The van der Waals surface area contributed by atoms with Gasteiger partial charge in [-0.05, 0) is 68.4 Å². The number of hydrogen-bond donors (Lipinski definition) is 0. The molecule has 9 aromatic rings. The molecule has 234 valence electrons. The molecule has 0 fully saturated rings. The van der Waals surface area contributed by atoms with Crippen molar-refractivity contribution in [2.75, 3.05) is 0 Å². The van der Waals surface area contributed by atoms with Gasteiger partial charge in [-0.25, -0.2) is 15.0 Å². The number of aromatic nitrogens is 4. The van der Waals surface area contributed by atoms with Crippen LogP contribution in [0.2, 0.25) is 0 Å². The maximum Gasteiger partial charge on any atom is 0.166 e. The van der Waals surface area contributed by atoms with Crippen molar-refractivity contribution in [3.63, 3.8) is 0 Å². The van der Waals surface area contributed by atoms with Crippen LogP contribution in [0.1, 0.15) is 25.0 Å². The van der Waals surface area contributed by atoms with Crippen LogP contribution in [-0.2, 0) is 5.41 Å². The van der Waals surface area contributed by atoms with Gasteiger partial charge < -0.3 is 4.57 Å². The van der Waals surface area contributed by atoms with E-state index in [2.05, 4.69) is 128 Å². The predicted molar refractivity (Wildman–Crippen MR) is 205 cm³/mol. The van der Waals surface area contributed by atoms with E-state index in [9.17, 15) is 0 Å². The number of fused-ring (bicyclic) bond motifs is 1. The van der Waals surface area contributed by atoms with Crippen LogP contribution in [0.15, 0.2) is 146 Å². The first-order chi connectivity index (χ1) is 24.6. The third kappa shape index (κ3) is 3.57. The lowest BCUT2D eigenvalue weighted by atomic mass is 9.81. The second-order valence-electron chi connectivity index (χ2n) is 14.0. The molecule has 0 saturated heterocycles. The Balaban J connectivity index is 1.25. The molecule has 0 bridgehead atoms. The molecule has 2 heterocycles. The van der Waals surface area contributed by atoms with Crippen molar-refractivity contribution in [1.82, 2.24) is 19.5 Å². The van der Waals surface area contributed by atoms with E-state index < -0.39 is 0 Å². The standard InChI is InChI=1S/C46H30N4/c1-46(2)33-20-11-18-30-31-19-12-22-36-40(31)42-37(26-24-27-23-25-34(46)41(38(27)42)39(30)33)50(36)35-21-10-9-17-32(35)45-48-43(28-13-5-3-6-14-28)47-44(49-45)29-15-7-4-8-16-29/h3-26H,1-2H3. The third-order valence-corrected chi connectivity index (χ3v) is 11.0. The van der Waals surface area contributed by atoms with E-state index >= 15 is 0 Å². The maximum atomic E-state index is 5.15. The van der Waals surface area contributed by atoms with Gasteiger partial charge in [0.1, 0.15) is 0 Å². The van der Waals surface area contributed by atoms with Crippen LogP contribution < -0.4 is 0 Å². The molecule has 0 radical (unpaired) electrons. The predicted octanol–water partition coefficient (Wildman–Crippen LogP) is 11.4. The molecule has 2 aliphatic carbocycles. The average Bonchev–Trinajstić information content (AvgIpc) is 3.58. The molecule has 0 N–H and O–H groups in total. The highest BCUT2D eigenvalue weighted by atomic mass is 15.1. The quantitative estimate of drug-likeness (QED) is 0.193. The van der Waals surface area contributed by atoms with Crippen LogP contribution in [0.5, 0.6) is 0 Å². The molecule has 0 aliphatic heterocycles. The molecule has 0 atom stereocenters. The fourth-order valence-corrected chi connectivity index (χ4v) is 8.73. The summed E-state index contributed by atoms with van der Waals surface area (Å²) in [5.41, 5.74) is 14.4. The first-order valence-corrected chi connectivity index (χ1v) is 17.2. The first-order valence-electron chi connectivity index (χ1n) is 17.2. The lowest BCUT2D eigenvalue weighted by molar-refractivity contribution is 0.661. The summed E-state index contributed by atoms with van der Waals surface area (Å²) in [7, 11) is 0. The number of hydrogen-bond acceptors (Lipinski definition) is 3. The minimum atomic E-state index is -0.0802. The third-order valence-electron chi connectivity index (χ3n) is 11.0. The summed E-state index contributed by atoms with van der Waals surface area (Å²) >= 11 is 0. The zero-order valence-corrected chi connectivity index (χ0v) is 27.6. The fourth-order valence-electron chi connectivity index (χ4n) is 8.73. The molecule has 0 unspecified atom stereocenters. The van der Waals surface area contributed by atoms with Gasteiger partial charge in [-0.2, -0.15) is 0 Å². The van der Waals surface area contributed by atoms with Crippen molar-refractivity contribution >= 4 is 32.6 Å². The lowest BCUT2D eigenvalue weighted by Crippen LogP contribution is -2.14. The Hall–Kier alpha value is -6.39. The van der Waals surface area contributed by atoms with Crippen LogP contribution in [-0.4, -0.2) is 19.5 Å². The summed E-state index contributed by atoms with van der Waals surface area (Å²) in [6.07, 6.45) is 0. The summed E-state index contributed by atoms with van der Waals surface area (Å²) in [6, 6.07) is 51.9. The molecular weight excluding hydrogens is 609 g/mol. The van der Waals surface area contributed by atoms with E-state index in [-0.39, 0.29) is 5.41 Å². The molecule has 4 heteroatoms. The van der Waals surface area contributed by atoms with E-state index in [1.807, 2.05) is 36.4 Å². The van der Waals surface area contributed by atoms with Crippen molar-refractivity contribution in [3.05, 3.63) is 157 Å². The molecule has 50 heavy (non-hydrogen) atoms. The highest BCUT2D eigenvalue weighted by Crippen LogP contribution is 2.59. The molecule has 2 aromatic heterocycles. The van der Waals surface area contributed by atoms with Gasteiger partial charge in [0.25, 0.3) is 0 Å². The van der Waals surface area contributed by atoms with Gasteiger partial charge in [0, 0.05) is 32.9 Å². The summed E-state index contributed by atoms with van der Waals surface area (Å²) in [6.45, 7) is 4.75. The molecular formula is C46H30N4. The van der Waals surface area contributed by atoms with Gasteiger partial charge in [-0.3, -0.25) is 0 Å². The Morgan fingerprint density at radius 3 is 1.76 bits per heavy atom. The monoisotopic (exact) mass is 638 g/mol. The Labute approximate surface area is 289 Å². The van der Waals surface area contributed by atoms with Crippen LogP contribution in [0.4, 0.5) is 0 Å². The van der Waals surface area contributed by atoms with Crippen molar-refractivity contribution in [2.45, 2.75) is 19.3 Å². The second kappa shape index (κ2) is 9.83. The van der Waals surface area contributed by atoms with Gasteiger partial charge in [-0.1, -0.05) is 135 Å². The van der Waals surface area contributed by atoms with Crippen molar-refractivity contribution in [3.8, 4) is 62.1 Å². The molecule has 7 aromatic carbocycles. The topological polar surface area (TPSA) is 43.6 Å². The summed E-state index contributed by atoms with van der Waals surface area (Å²) in [4.78, 5) is 15.3. The number of nitrogens with zero attached hydrogens (tertiary/aromatic N) is 4. The van der Waals surface area contributed by atoms with Gasteiger partial charge in [0.05, 0.1) is 16.7 Å². The van der Waals surface area contributed by atoms with E-state index in [0.717, 1.165) is 22.4 Å². The molecule has 4 nitrogen and oxygen atoms in total. The minimum Gasteiger partial charge on any atom is -0.308 e. The van der Waals surface area contributed by atoms with E-state index in [1.54, 1.807) is 0 Å². The Kier molecular flexibility index (Phi) is 5.42. The maximum absolute atomic E-state index is 5.15. The van der Waals surface area contributed by atoms with Crippen LogP contribution >= 0.6 is 0 Å². The van der Waals surface area contributed by atoms with Gasteiger partial charge in [0.2, 0.25) is 0 Å². The normalized spacial score (nSPS) is 13.6. The summed E-state index contributed by atoms with van der Waals surface area (Å²) in [5, 5.41) is 5.23. The SMILES string of the molecule is CC1(C)c2cccc3c2-c2c1ccc1ccc4c(c21)c1c-3cccc1n4-c1ccccc1-c1nc(-c2ccccc2)nc(-c2ccccc2)n1. The lowest BCUT2D eigenvalue weighted by Gasteiger charge is -2.22. The van der Waals surface area contributed by atoms with Crippen molar-refractivity contribution < 1.29 is 0 Å². The largest absolute Gasteiger partial charge is 0.308 e. The van der Waals surface area contributed by atoms with Crippen LogP contribution in [0.25, 0.3) is 94.7 Å². The Morgan fingerprint density at radius 1 is 0.420 bits per heavy atom. The number of benzene rings is 7. The van der Waals surface area contributed by atoms with Crippen molar-refractivity contribution in [2.24, 2.45) is 0 Å². The molecule has 2 aliphatic rings. The summed E-state index contributed by atoms with van der Waals surface area (Å²) < 4.78 is 2.44. The highest BCUT2D eigenvalue weighted by molar-refractivity contribution is 6.31. The molecule has 0 amide bonds. The van der Waals surface area contributed by atoms with Gasteiger partial charge in [-0.15, -0.1) is 0 Å². The zero-order valence-electron chi connectivity index (χ0n) is 27.6. The molecule has 0 saturated carbocycles. The van der Waals surface area contributed by atoms with Gasteiger partial charge in [0.15, 0.2) is 17.5 Å². The van der Waals surface area contributed by atoms with E-state index in [0.29, 0.717) is 17.5 Å². The minimum absolute atomic E-state index is 0.0802. The molecule has 11 rings (SSSR count). The number of rotatable bonds is 4.